The lowest BCUT2D eigenvalue weighted by Gasteiger charge is -2.10. The minimum Gasteiger partial charge on any atom is -0.465 e. The number of alkyl halides is 2. The zero-order valence-corrected chi connectivity index (χ0v) is 14.8. The van der Waals surface area contributed by atoms with Crippen LogP contribution in [0.2, 0.25) is 0 Å². The Balaban J connectivity index is 2.13. The van der Waals surface area contributed by atoms with Gasteiger partial charge in [-0.3, -0.25) is 4.79 Å². The van der Waals surface area contributed by atoms with Crippen molar-refractivity contribution < 1.29 is 37.4 Å². The summed E-state index contributed by atoms with van der Waals surface area (Å²) in [6.45, 7) is -0.610. The summed E-state index contributed by atoms with van der Waals surface area (Å²) in [6, 6.07) is 5.28. The lowest BCUT2D eigenvalue weighted by atomic mass is 10.1. The number of halogens is 2. The highest BCUT2D eigenvalue weighted by molar-refractivity contribution is 6.03. The monoisotopic (exact) mass is 381 g/mol. The second kappa shape index (κ2) is 8.43. The van der Waals surface area contributed by atoms with Gasteiger partial charge < -0.3 is 19.2 Å². The highest BCUT2D eigenvalue weighted by Crippen LogP contribution is 2.22. The fraction of sp³-hybridized carbons (Fsp3) is 0.278. The van der Waals surface area contributed by atoms with Crippen LogP contribution in [-0.4, -0.2) is 43.0 Å². The van der Waals surface area contributed by atoms with E-state index in [1.54, 1.807) is 13.8 Å². The van der Waals surface area contributed by atoms with Crippen molar-refractivity contribution in [3.05, 3.63) is 52.3 Å². The lowest BCUT2D eigenvalue weighted by molar-refractivity contribution is -0.0504. The van der Waals surface area contributed by atoms with Crippen LogP contribution in [0.25, 0.3) is 0 Å². The van der Waals surface area contributed by atoms with Gasteiger partial charge in [-0.25, -0.2) is 9.59 Å². The highest BCUT2D eigenvalue weighted by Gasteiger charge is 2.24. The Kier molecular flexibility index (Phi) is 6.27. The van der Waals surface area contributed by atoms with E-state index < -0.39 is 30.9 Å². The van der Waals surface area contributed by atoms with Gasteiger partial charge in [-0.05, 0) is 31.5 Å². The van der Waals surface area contributed by atoms with Crippen LogP contribution in [-0.2, 0) is 9.47 Å². The number of hydrogen-bond donors (Lipinski definition) is 1. The Labute approximate surface area is 153 Å². The number of aromatic nitrogens is 1. The van der Waals surface area contributed by atoms with E-state index in [-0.39, 0.29) is 22.6 Å². The predicted octanol–water partition coefficient (Wildman–Crippen LogP) is 3.06. The van der Waals surface area contributed by atoms with Crippen molar-refractivity contribution in [2.45, 2.75) is 20.5 Å². The fourth-order valence-corrected chi connectivity index (χ4v) is 2.55. The Morgan fingerprint density at radius 2 is 1.78 bits per heavy atom. The zero-order chi connectivity index (χ0) is 20.1. The van der Waals surface area contributed by atoms with E-state index in [1.807, 2.05) is 0 Å². The molecular formula is C18H17F2NO6. The maximum atomic E-state index is 12.4. The quantitative estimate of drug-likeness (QED) is 0.585. The number of methoxy groups -OCH3 is 1. The van der Waals surface area contributed by atoms with Gasteiger partial charge >= 0.3 is 18.6 Å². The average molecular weight is 381 g/mol. The van der Waals surface area contributed by atoms with Gasteiger partial charge in [0.1, 0.15) is 11.3 Å². The molecule has 0 aliphatic rings. The third-order valence-corrected chi connectivity index (χ3v) is 3.76. The van der Waals surface area contributed by atoms with Gasteiger partial charge in [-0.15, -0.1) is 0 Å². The van der Waals surface area contributed by atoms with Crippen molar-refractivity contribution in [3.8, 4) is 5.75 Å². The van der Waals surface area contributed by atoms with Crippen LogP contribution in [0.5, 0.6) is 5.75 Å². The summed E-state index contributed by atoms with van der Waals surface area (Å²) in [5.41, 5.74) is 0.882. The molecule has 0 saturated heterocycles. The molecule has 0 spiro atoms. The molecular weight excluding hydrogens is 364 g/mol. The molecule has 0 aliphatic heterocycles. The van der Waals surface area contributed by atoms with Crippen molar-refractivity contribution >= 4 is 17.7 Å². The molecule has 0 radical (unpaired) electrons. The van der Waals surface area contributed by atoms with Crippen LogP contribution in [0.3, 0.4) is 0 Å². The standard InChI is InChI=1S/C18H17F2NO6/c1-9-14(17(24)25-3)10(2)21-15(9)12(22)8-26-16(23)11-6-4-5-7-13(11)27-18(19)20/h4-7,18,21H,8H2,1-3H3. The number of carbonyl (C=O) groups excluding carboxylic acids is 3. The van der Waals surface area contributed by atoms with Crippen molar-refractivity contribution in [2.24, 2.45) is 0 Å². The molecule has 0 saturated carbocycles. The number of aromatic amines is 1. The zero-order valence-electron chi connectivity index (χ0n) is 14.8. The first-order valence-corrected chi connectivity index (χ1v) is 7.77. The minimum atomic E-state index is -3.11. The number of para-hydroxylation sites is 1. The number of esters is 2. The maximum Gasteiger partial charge on any atom is 0.387 e. The van der Waals surface area contributed by atoms with Crippen LogP contribution >= 0.6 is 0 Å². The number of H-pyrrole nitrogens is 1. The molecule has 1 aromatic carbocycles. The summed E-state index contributed by atoms with van der Waals surface area (Å²) in [5.74, 6) is -2.54. The summed E-state index contributed by atoms with van der Waals surface area (Å²) in [6.07, 6.45) is 0. The van der Waals surface area contributed by atoms with Gasteiger partial charge in [-0.1, -0.05) is 12.1 Å². The van der Waals surface area contributed by atoms with E-state index in [1.165, 1.54) is 31.4 Å². The number of aryl methyl sites for hydroxylation is 1. The van der Waals surface area contributed by atoms with Gasteiger partial charge in [0.2, 0.25) is 5.78 Å². The van der Waals surface area contributed by atoms with Gasteiger partial charge in [0, 0.05) is 5.69 Å². The molecule has 0 fully saturated rings. The molecule has 9 heteroatoms. The third-order valence-electron chi connectivity index (χ3n) is 3.76. The number of hydrogen-bond acceptors (Lipinski definition) is 6. The third kappa shape index (κ3) is 4.49. The molecule has 1 heterocycles. The first kappa shape index (κ1) is 20.1. The molecule has 7 nitrogen and oxygen atoms in total. The molecule has 0 bridgehead atoms. The number of carbonyl (C=O) groups is 3. The summed E-state index contributed by atoms with van der Waals surface area (Å²) >= 11 is 0. The van der Waals surface area contributed by atoms with E-state index in [0.717, 1.165) is 0 Å². The summed E-state index contributed by atoms with van der Waals surface area (Å²) in [4.78, 5) is 39.0. The smallest absolute Gasteiger partial charge is 0.387 e. The van der Waals surface area contributed by atoms with Crippen molar-refractivity contribution in [3.63, 3.8) is 0 Å². The fourth-order valence-electron chi connectivity index (χ4n) is 2.55. The van der Waals surface area contributed by atoms with E-state index in [0.29, 0.717) is 11.3 Å². The molecule has 2 rings (SSSR count). The largest absolute Gasteiger partial charge is 0.465 e. The molecule has 0 atom stereocenters. The Morgan fingerprint density at radius 3 is 2.41 bits per heavy atom. The molecule has 2 aromatic rings. The van der Waals surface area contributed by atoms with Gasteiger partial charge in [0.15, 0.2) is 6.61 Å². The minimum absolute atomic E-state index is 0.0952. The van der Waals surface area contributed by atoms with E-state index in [9.17, 15) is 23.2 Å². The first-order chi connectivity index (χ1) is 12.8. The number of ether oxygens (including phenoxy) is 3. The molecule has 144 valence electrons. The molecule has 0 aliphatic carbocycles. The summed E-state index contributed by atoms with van der Waals surface area (Å²) in [5, 5.41) is 0. The molecule has 1 aromatic heterocycles. The summed E-state index contributed by atoms with van der Waals surface area (Å²) < 4.78 is 38.6. The lowest BCUT2D eigenvalue weighted by Crippen LogP contribution is -2.17. The second-order valence-corrected chi connectivity index (χ2v) is 5.49. The Morgan fingerprint density at radius 1 is 1.11 bits per heavy atom. The number of benzene rings is 1. The normalized spacial score (nSPS) is 10.6. The second-order valence-electron chi connectivity index (χ2n) is 5.49. The SMILES string of the molecule is COC(=O)c1c(C)[nH]c(C(=O)COC(=O)c2ccccc2OC(F)F)c1C. The van der Waals surface area contributed by atoms with Gasteiger partial charge in [0.05, 0.1) is 18.4 Å². The van der Waals surface area contributed by atoms with Crippen LogP contribution in [0.15, 0.2) is 24.3 Å². The highest BCUT2D eigenvalue weighted by atomic mass is 19.3. The molecule has 27 heavy (non-hydrogen) atoms. The van der Waals surface area contributed by atoms with E-state index in [4.69, 9.17) is 4.74 Å². The number of ketones is 1. The molecule has 1 N–H and O–H groups in total. The average Bonchev–Trinajstić information content (AvgIpc) is 2.93. The Hall–Kier alpha value is -3.23. The van der Waals surface area contributed by atoms with Gasteiger partial charge in [0.25, 0.3) is 0 Å². The Bertz CT molecular complexity index is 875. The molecule has 0 unspecified atom stereocenters. The van der Waals surface area contributed by atoms with E-state index >= 15 is 0 Å². The van der Waals surface area contributed by atoms with Crippen molar-refractivity contribution in [1.82, 2.24) is 4.98 Å². The topological polar surface area (TPSA) is 94.7 Å². The van der Waals surface area contributed by atoms with Crippen LogP contribution in [0.1, 0.15) is 42.5 Å². The van der Waals surface area contributed by atoms with Crippen LogP contribution in [0, 0.1) is 13.8 Å². The van der Waals surface area contributed by atoms with Crippen molar-refractivity contribution in [1.29, 1.82) is 0 Å². The maximum absolute atomic E-state index is 12.4. The first-order valence-electron chi connectivity index (χ1n) is 7.77. The van der Waals surface area contributed by atoms with E-state index in [2.05, 4.69) is 14.5 Å². The van der Waals surface area contributed by atoms with Crippen LogP contribution in [0.4, 0.5) is 8.78 Å². The van der Waals surface area contributed by atoms with Crippen LogP contribution < -0.4 is 4.74 Å². The number of Topliss-reactive ketones (excluding diaryl/α,β-unsaturated/α-hetero) is 1. The molecule has 0 amide bonds. The number of nitrogens with one attached hydrogen (secondary N) is 1. The predicted molar refractivity (Wildman–Crippen MR) is 89.3 cm³/mol. The van der Waals surface area contributed by atoms with Crippen molar-refractivity contribution in [2.75, 3.05) is 13.7 Å². The summed E-state index contributed by atoms with van der Waals surface area (Å²) in [7, 11) is 1.22. The van der Waals surface area contributed by atoms with Gasteiger partial charge in [-0.2, -0.15) is 8.78 Å². The number of rotatable bonds is 7.